The van der Waals surface area contributed by atoms with Gasteiger partial charge in [-0.3, -0.25) is 0 Å². The summed E-state index contributed by atoms with van der Waals surface area (Å²) in [6.07, 6.45) is 1.96. The van der Waals surface area contributed by atoms with Gasteiger partial charge in [-0.25, -0.2) is 0 Å². The summed E-state index contributed by atoms with van der Waals surface area (Å²) in [5.74, 6) is 1.67. The fourth-order valence-corrected chi connectivity index (χ4v) is 3.86. The van der Waals surface area contributed by atoms with Crippen molar-refractivity contribution < 1.29 is 9.47 Å². The van der Waals surface area contributed by atoms with E-state index in [-0.39, 0.29) is 12.3 Å². The summed E-state index contributed by atoms with van der Waals surface area (Å²) in [6, 6.07) is 24.0. The Morgan fingerprint density at radius 1 is 1.00 bits per heavy atom. The van der Waals surface area contributed by atoms with Crippen molar-refractivity contribution >= 4 is 17.3 Å². The highest BCUT2D eigenvalue weighted by Gasteiger charge is 2.40. The highest BCUT2D eigenvalue weighted by Crippen LogP contribution is 2.47. The van der Waals surface area contributed by atoms with Gasteiger partial charge in [-0.15, -0.1) is 0 Å². The number of rotatable bonds is 3. The maximum Gasteiger partial charge on any atom is 0.195 e. The molecule has 2 atom stereocenters. The molecule has 5 rings (SSSR count). The van der Waals surface area contributed by atoms with Crippen LogP contribution in [-0.4, -0.2) is 12.1 Å². The Labute approximate surface area is 168 Å². The minimum absolute atomic E-state index is 0.0229. The van der Waals surface area contributed by atoms with Gasteiger partial charge in [0.05, 0.1) is 18.8 Å². The van der Waals surface area contributed by atoms with E-state index in [0.717, 1.165) is 33.9 Å². The summed E-state index contributed by atoms with van der Waals surface area (Å²) in [5.41, 5.74) is 7.85. The highest BCUT2D eigenvalue weighted by molar-refractivity contribution is 6.30. The second kappa shape index (κ2) is 6.89. The van der Waals surface area contributed by atoms with Crippen molar-refractivity contribution in [1.82, 2.24) is 10.4 Å². The number of ether oxygens (including phenoxy) is 2. The maximum absolute atomic E-state index is 6.39. The van der Waals surface area contributed by atoms with E-state index >= 15 is 0 Å². The van der Waals surface area contributed by atoms with Gasteiger partial charge in [0.1, 0.15) is 11.5 Å². The fourth-order valence-electron chi connectivity index (χ4n) is 3.73. The number of hydrogen-bond acceptors (Lipinski definition) is 4. The molecule has 140 valence electrons. The van der Waals surface area contributed by atoms with Gasteiger partial charge in [0.2, 0.25) is 0 Å². The predicted molar refractivity (Wildman–Crippen MR) is 110 cm³/mol. The minimum Gasteiger partial charge on any atom is -0.497 e. The zero-order valence-electron chi connectivity index (χ0n) is 15.3. The summed E-state index contributed by atoms with van der Waals surface area (Å²) in [4.78, 5) is 0. The Morgan fingerprint density at radius 2 is 1.79 bits per heavy atom. The molecule has 0 amide bonds. The Hall–Kier alpha value is -2.95. The van der Waals surface area contributed by atoms with Crippen molar-refractivity contribution in [2.45, 2.75) is 12.3 Å². The quantitative estimate of drug-likeness (QED) is 0.654. The van der Waals surface area contributed by atoms with Crippen molar-refractivity contribution in [2.24, 2.45) is 0 Å². The van der Waals surface area contributed by atoms with Crippen LogP contribution in [0.2, 0.25) is 5.02 Å². The maximum atomic E-state index is 6.39. The van der Waals surface area contributed by atoms with Crippen molar-refractivity contribution in [3.63, 3.8) is 0 Å². The molecule has 3 aromatic carbocycles. The number of nitrogens with one attached hydrogen (secondary N) is 1. The smallest absolute Gasteiger partial charge is 0.195 e. The Morgan fingerprint density at radius 3 is 2.54 bits per heavy atom. The van der Waals surface area contributed by atoms with Crippen LogP contribution in [-0.2, 0) is 0 Å². The van der Waals surface area contributed by atoms with Crippen LogP contribution in [0.1, 0.15) is 29.0 Å². The van der Waals surface area contributed by atoms with E-state index in [4.69, 9.17) is 21.1 Å². The number of hydrazine groups is 1. The molecule has 0 saturated carbocycles. The molecule has 0 unspecified atom stereocenters. The third-order valence-electron chi connectivity index (χ3n) is 5.14. The molecule has 4 nitrogen and oxygen atoms in total. The molecule has 2 aliphatic heterocycles. The van der Waals surface area contributed by atoms with E-state index in [9.17, 15) is 0 Å². The standard InChI is InChI=1S/C23H19ClN2O2/c1-27-18-11-12-22-19(13-18)21-14-20(15-5-3-2-4-6-15)25-26(21)23(28-22)16-7-9-17(24)10-8-16/h2-14,21,23,25H,1H3/t21-,23+/m0/s1. The topological polar surface area (TPSA) is 33.7 Å². The van der Waals surface area contributed by atoms with Crippen molar-refractivity contribution in [3.05, 3.63) is 101 Å². The van der Waals surface area contributed by atoms with Crippen LogP contribution >= 0.6 is 11.6 Å². The van der Waals surface area contributed by atoms with Crippen LogP contribution in [0.5, 0.6) is 11.5 Å². The summed E-state index contributed by atoms with van der Waals surface area (Å²) >= 11 is 6.09. The summed E-state index contributed by atoms with van der Waals surface area (Å²) in [5, 5.41) is 2.84. The lowest BCUT2D eigenvalue weighted by Crippen LogP contribution is -2.43. The molecule has 0 spiro atoms. The van der Waals surface area contributed by atoms with Gasteiger partial charge in [-0.05, 0) is 42.0 Å². The molecule has 0 saturated heterocycles. The van der Waals surface area contributed by atoms with Crippen LogP contribution in [0, 0.1) is 0 Å². The number of benzene rings is 3. The van der Waals surface area contributed by atoms with Crippen LogP contribution in [0.25, 0.3) is 5.70 Å². The van der Waals surface area contributed by atoms with Gasteiger partial charge in [-0.1, -0.05) is 54.1 Å². The Balaban J connectivity index is 1.60. The van der Waals surface area contributed by atoms with Gasteiger partial charge in [0.15, 0.2) is 6.23 Å². The SMILES string of the molecule is COc1ccc2c(c1)[C@@H]1C=C(c3ccccc3)NN1[C@@H](c1ccc(Cl)cc1)O2. The molecular weight excluding hydrogens is 372 g/mol. The first kappa shape index (κ1) is 17.2. The first-order chi connectivity index (χ1) is 13.7. The fraction of sp³-hybridized carbons (Fsp3) is 0.130. The second-order valence-electron chi connectivity index (χ2n) is 6.84. The van der Waals surface area contributed by atoms with E-state index in [2.05, 4.69) is 28.6 Å². The zero-order valence-corrected chi connectivity index (χ0v) is 16.1. The summed E-state index contributed by atoms with van der Waals surface area (Å²) < 4.78 is 11.8. The number of fused-ring (bicyclic) bond motifs is 3. The van der Waals surface area contributed by atoms with Crippen LogP contribution in [0.3, 0.4) is 0 Å². The average Bonchev–Trinajstić information content (AvgIpc) is 3.20. The molecular formula is C23H19ClN2O2. The van der Waals surface area contributed by atoms with Gasteiger partial charge >= 0.3 is 0 Å². The first-order valence-corrected chi connectivity index (χ1v) is 9.53. The van der Waals surface area contributed by atoms with Crippen LogP contribution in [0.4, 0.5) is 0 Å². The second-order valence-corrected chi connectivity index (χ2v) is 7.27. The number of methoxy groups -OCH3 is 1. The number of nitrogens with zero attached hydrogens (tertiary/aromatic N) is 1. The molecule has 0 fully saturated rings. The Bertz CT molecular complexity index is 1030. The van der Waals surface area contributed by atoms with Gasteiger partial charge in [-0.2, -0.15) is 5.01 Å². The van der Waals surface area contributed by atoms with Crippen molar-refractivity contribution in [2.75, 3.05) is 7.11 Å². The summed E-state index contributed by atoms with van der Waals surface area (Å²) in [7, 11) is 1.68. The molecule has 0 aromatic heterocycles. The number of halogens is 1. The predicted octanol–water partition coefficient (Wildman–Crippen LogP) is 5.34. The van der Waals surface area contributed by atoms with Crippen molar-refractivity contribution in [1.29, 1.82) is 0 Å². The molecule has 2 aliphatic rings. The molecule has 0 aliphatic carbocycles. The van der Waals surface area contributed by atoms with Crippen LogP contribution < -0.4 is 14.9 Å². The number of hydrogen-bond donors (Lipinski definition) is 1. The third kappa shape index (κ3) is 2.91. The van der Waals surface area contributed by atoms with Crippen molar-refractivity contribution in [3.8, 4) is 11.5 Å². The highest BCUT2D eigenvalue weighted by atomic mass is 35.5. The average molecular weight is 391 g/mol. The van der Waals surface area contributed by atoms with E-state index in [0.29, 0.717) is 5.02 Å². The summed E-state index contributed by atoms with van der Waals surface area (Å²) in [6.45, 7) is 0. The minimum atomic E-state index is -0.277. The first-order valence-electron chi connectivity index (χ1n) is 9.15. The van der Waals surface area contributed by atoms with E-state index in [1.165, 1.54) is 0 Å². The zero-order chi connectivity index (χ0) is 19.1. The monoisotopic (exact) mass is 390 g/mol. The lowest BCUT2D eigenvalue weighted by Gasteiger charge is -2.39. The molecule has 0 bridgehead atoms. The molecule has 5 heteroatoms. The normalized spacial score (nSPS) is 20.4. The lowest BCUT2D eigenvalue weighted by atomic mass is 10.0. The molecule has 3 aromatic rings. The third-order valence-corrected chi connectivity index (χ3v) is 5.39. The molecule has 28 heavy (non-hydrogen) atoms. The van der Waals surface area contributed by atoms with Gasteiger partial charge in [0, 0.05) is 16.1 Å². The molecule has 2 heterocycles. The largest absolute Gasteiger partial charge is 0.497 e. The van der Waals surface area contributed by atoms with Gasteiger partial charge in [0.25, 0.3) is 0 Å². The van der Waals surface area contributed by atoms with Crippen LogP contribution in [0.15, 0.2) is 78.9 Å². The van der Waals surface area contributed by atoms with Gasteiger partial charge < -0.3 is 14.9 Å². The van der Waals surface area contributed by atoms with E-state index < -0.39 is 0 Å². The molecule has 1 N–H and O–H groups in total. The van der Waals surface area contributed by atoms with E-state index in [1.54, 1.807) is 7.11 Å². The van der Waals surface area contributed by atoms with E-state index in [1.807, 2.05) is 60.7 Å². The Kier molecular flexibility index (Phi) is 4.23. The molecule has 0 radical (unpaired) electrons. The lowest BCUT2D eigenvalue weighted by molar-refractivity contribution is -0.0327.